The van der Waals surface area contributed by atoms with Gasteiger partial charge in [0.2, 0.25) is 10.0 Å². The molecular formula is C10H17N3O2S. The molecule has 0 bridgehead atoms. The standard InChI is InChI=1S/C10H17N3O2S/c1-8(6-11)13-7-9-2-4-10(5-3-9)16(12,14)15/h2-5,8,13H,6-7,11H2,1H3,(H2,12,14,15). The fourth-order valence-electron chi connectivity index (χ4n) is 1.17. The molecule has 1 rings (SSSR count). The van der Waals surface area contributed by atoms with Gasteiger partial charge in [-0.3, -0.25) is 0 Å². The van der Waals surface area contributed by atoms with Crippen molar-refractivity contribution in [3.8, 4) is 0 Å². The normalized spacial score (nSPS) is 13.7. The Bertz CT molecular complexity index is 428. The highest BCUT2D eigenvalue weighted by Crippen LogP contribution is 2.08. The molecule has 0 amide bonds. The summed E-state index contributed by atoms with van der Waals surface area (Å²) in [5.74, 6) is 0. The first-order valence-corrected chi connectivity index (χ1v) is 6.53. The second kappa shape index (κ2) is 5.40. The zero-order valence-corrected chi connectivity index (χ0v) is 10.00. The van der Waals surface area contributed by atoms with Gasteiger partial charge < -0.3 is 11.1 Å². The maximum atomic E-state index is 11.0. The van der Waals surface area contributed by atoms with E-state index in [9.17, 15) is 8.42 Å². The average molecular weight is 243 g/mol. The molecule has 0 aliphatic heterocycles. The quantitative estimate of drug-likeness (QED) is 0.665. The Hall–Kier alpha value is -0.950. The summed E-state index contributed by atoms with van der Waals surface area (Å²) < 4.78 is 22.0. The largest absolute Gasteiger partial charge is 0.329 e. The number of primary sulfonamides is 1. The van der Waals surface area contributed by atoms with E-state index in [0.717, 1.165) is 5.56 Å². The van der Waals surface area contributed by atoms with Gasteiger partial charge >= 0.3 is 0 Å². The van der Waals surface area contributed by atoms with E-state index in [1.165, 1.54) is 12.1 Å². The molecule has 1 aromatic rings. The van der Waals surface area contributed by atoms with Crippen LogP contribution in [-0.4, -0.2) is 21.0 Å². The molecule has 0 radical (unpaired) electrons. The summed E-state index contributed by atoms with van der Waals surface area (Å²) >= 11 is 0. The lowest BCUT2D eigenvalue weighted by Crippen LogP contribution is -2.32. The lowest BCUT2D eigenvalue weighted by molar-refractivity contribution is 0.556. The van der Waals surface area contributed by atoms with E-state index < -0.39 is 10.0 Å². The zero-order chi connectivity index (χ0) is 12.2. The molecule has 0 saturated heterocycles. The van der Waals surface area contributed by atoms with Crippen LogP contribution in [0.1, 0.15) is 12.5 Å². The molecule has 1 atom stereocenters. The third-order valence-electron chi connectivity index (χ3n) is 2.26. The number of hydrogen-bond donors (Lipinski definition) is 3. The molecule has 0 fully saturated rings. The van der Waals surface area contributed by atoms with Crippen LogP contribution < -0.4 is 16.2 Å². The first kappa shape index (κ1) is 13.1. The first-order chi connectivity index (χ1) is 7.43. The second-order valence-corrected chi connectivity index (χ2v) is 5.27. The Morgan fingerprint density at radius 1 is 1.31 bits per heavy atom. The predicted octanol–water partition coefficient (Wildman–Crippen LogP) is -0.229. The molecule has 0 aliphatic carbocycles. The van der Waals surface area contributed by atoms with Crippen molar-refractivity contribution in [3.63, 3.8) is 0 Å². The summed E-state index contributed by atoms with van der Waals surface area (Å²) in [6.45, 7) is 3.21. The van der Waals surface area contributed by atoms with Gasteiger partial charge in [-0.2, -0.15) is 0 Å². The van der Waals surface area contributed by atoms with E-state index in [4.69, 9.17) is 10.9 Å². The maximum Gasteiger partial charge on any atom is 0.238 e. The maximum absolute atomic E-state index is 11.0. The molecular weight excluding hydrogens is 226 g/mol. The SMILES string of the molecule is CC(CN)NCc1ccc(S(N)(=O)=O)cc1. The van der Waals surface area contributed by atoms with Crippen molar-refractivity contribution in [1.29, 1.82) is 0 Å². The van der Waals surface area contributed by atoms with Crippen molar-refractivity contribution in [2.24, 2.45) is 10.9 Å². The number of sulfonamides is 1. The third-order valence-corrected chi connectivity index (χ3v) is 3.19. The number of nitrogens with one attached hydrogen (secondary N) is 1. The topological polar surface area (TPSA) is 98.2 Å². The van der Waals surface area contributed by atoms with E-state index in [0.29, 0.717) is 13.1 Å². The van der Waals surface area contributed by atoms with Crippen LogP contribution in [0.3, 0.4) is 0 Å². The van der Waals surface area contributed by atoms with Crippen LogP contribution in [0.5, 0.6) is 0 Å². The molecule has 1 aromatic carbocycles. The van der Waals surface area contributed by atoms with Gasteiger partial charge in [0.25, 0.3) is 0 Å². The predicted molar refractivity (Wildman–Crippen MR) is 63.2 cm³/mol. The van der Waals surface area contributed by atoms with Crippen molar-refractivity contribution in [1.82, 2.24) is 5.32 Å². The smallest absolute Gasteiger partial charge is 0.238 e. The van der Waals surface area contributed by atoms with Crippen LogP contribution in [-0.2, 0) is 16.6 Å². The molecule has 0 aliphatic rings. The Labute approximate surface area is 95.9 Å². The van der Waals surface area contributed by atoms with Crippen LogP contribution in [0.15, 0.2) is 29.2 Å². The second-order valence-electron chi connectivity index (χ2n) is 3.71. The van der Waals surface area contributed by atoms with Crippen molar-refractivity contribution in [2.75, 3.05) is 6.54 Å². The monoisotopic (exact) mass is 243 g/mol. The molecule has 0 heterocycles. The molecule has 90 valence electrons. The first-order valence-electron chi connectivity index (χ1n) is 4.98. The fourth-order valence-corrected chi connectivity index (χ4v) is 1.69. The van der Waals surface area contributed by atoms with Gasteiger partial charge in [-0.25, -0.2) is 13.6 Å². The number of rotatable bonds is 5. The van der Waals surface area contributed by atoms with Crippen molar-refractivity contribution in [2.45, 2.75) is 24.4 Å². The number of hydrogen-bond acceptors (Lipinski definition) is 4. The van der Waals surface area contributed by atoms with Crippen molar-refractivity contribution < 1.29 is 8.42 Å². The van der Waals surface area contributed by atoms with E-state index in [2.05, 4.69) is 5.32 Å². The fraction of sp³-hybridized carbons (Fsp3) is 0.400. The lowest BCUT2D eigenvalue weighted by Gasteiger charge is -2.11. The van der Waals surface area contributed by atoms with Crippen LogP contribution in [0.2, 0.25) is 0 Å². The third kappa shape index (κ3) is 3.90. The molecule has 6 heteroatoms. The van der Waals surface area contributed by atoms with Crippen LogP contribution in [0.4, 0.5) is 0 Å². The molecule has 0 aromatic heterocycles. The van der Waals surface area contributed by atoms with E-state index >= 15 is 0 Å². The molecule has 5 nitrogen and oxygen atoms in total. The van der Waals surface area contributed by atoms with Gasteiger partial charge in [0.15, 0.2) is 0 Å². The molecule has 16 heavy (non-hydrogen) atoms. The Morgan fingerprint density at radius 2 is 1.88 bits per heavy atom. The van der Waals surface area contributed by atoms with E-state index in [1.807, 2.05) is 6.92 Å². The van der Waals surface area contributed by atoms with Gasteiger partial charge in [0.1, 0.15) is 0 Å². The van der Waals surface area contributed by atoms with Gasteiger partial charge in [-0.05, 0) is 24.6 Å². The minimum Gasteiger partial charge on any atom is -0.329 e. The number of nitrogens with two attached hydrogens (primary N) is 2. The van der Waals surface area contributed by atoms with Gasteiger partial charge in [-0.15, -0.1) is 0 Å². The van der Waals surface area contributed by atoms with Crippen LogP contribution in [0.25, 0.3) is 0 Å². The highest BCUT2D eigenvalue weighted by molar-refractivity contribution is 7.89. The molecule has 0 spiro atoms. The summed E-state index contributed by atoms with van der Waals surface area (Å²) in [6.07, 6.45) is 0. The summed E-state index contributed by atoms with van der Waals surface area (Å²) in [5.41, 5.74) is 6.45. The minimum atomic E-state index is -3.60. The van der Waals surface area contributed by atoms with E-state index in [1.54, 1.807) is 12.1 Å². The highest BCUT2D eigenvalue weighted by atomic mass is 32.2. The summed E-state index contributed by atoms with van der Waals surface area (Å²) in [7, 11) is -3.60. The molecule has 1 unspecified atom stereocenters. The van der Waals surface area contributed by atoms with Crippen molar-refractivity contribution in [3.05, 3.63) is 29.8 Å². The summed E-state index contributed by atoms with van der Waals surface area (Å²) in [6, 6.07) is 6.70. The zero-order valence-electron chi connectivity index (χ0n) is 9.18. The van der Waals surface area contributed by atoms with Gasteiger partial charge in [0, 0.05) is 19.1 Å². The van der Waals surface area contributed by atoms with Crippen molar-refractivity contribution >= 4 is 10.0 Å². The summed E-state index contributed by atoms with van der Waals surface area (Å²) in [5, 5.41) is 8.19. The van der Waals surface area contributed by atoms with Gasteiger partial charge in [-0.1, -0.05) is 12.1 Å². The average Bonchev–Trinajstić information content (AvgIpc) is 2.25. The molecule has 0 saturated carbocycles. The van der Waals surface area contributed by atoms with E-state index in [-0.39, 0.29) is 10.9 Å². The lowest BCUT2D eigenvalue weighted by atomic mass is 10.2. The van der Waals surface area contributed by atoms with Crippen LogP contribution >= 0.6 is 0 Å². The Morgan fingerprint density at radius 3 is 2.31 bits per heavy atom. The Balaban J connectivity index is 2.66. The molecule has 5 N–H and O–H groups in total. The minimum absolute atomic E-state index is 0.128. The summed E-state index contributed by atoms with van der Waals surface area (Å²) in [4.78, 5) is 0.128. The number of benzene rings is 1. The highest BCUT2D eigenvalue weighted by Gasteiger charge is 2.06. The Kier molecular flexibility index (Phi) is 4.43. The van der Waals surface area contributed by atoms with Gasteiger partial charge in [0.05, 0.1) is 4.90 Å². The van der Waals surface area contributed by atoms with Crippen LogP contribution in [0, 0.1) is 0 Å².